The van der Waals surface area contributed by atoms with Gasteiger partial charge < -0.3 is 10.1 Å². The number of pyridine rings is 1. The van der Waals surface area contributed by atoms with Crippen LogP contribution in [0.25, 0.3) is 0 Å². The van der Waals surface area contributed by atoms with Gasteiger partial charge in [0.1, 0.15) is 0 Å². The van der Waals surface area contributed by atoms with Crippen LogP contribution in [-0.4, -0.2) is 17.9 Å². The van der Waals surface area contributed by atoms with Gasteiger partial charge in [0.2, 0.25) is 0 Å². The third-order valence-corrected chi connectivity index (χ3v) is 4.68. The van der Waals surface area contributed by atoms with Gasteiger partial charge in [-0.05, 0) is 43.2 Å². The van der Waals surface area contributed by atoms with E-state index in [0.717, 1.165) is 18.4 Å². The summed E-state index contributed by atoms with van der Waals surface area (Å²) >= 11 is 0. The number of Topliss-reactive ketones (excluding diaryl/α,β-unsaturated/α-hetero) is 1. The summed E-state index contributed by atoms with van der Waals surface area (Å²) < 4.78 is 7.02. The van der Waals surface area contributed by atoms with Crippen molar-refractivity contribution in [1.82, 2.24) is 5.32 Å². The molecule has 0 bridgehead atoms. The molecule has 1 aromatic carbocycles. The number of ether oxygens (including phenoxy) is 1. The quantitative estimate of drug-likeness (QED) is 0.473. The number of ketones is 1. The number of nitrogens with one attached hydrogen (secondary N) is 1. The molecule has 29 heavy (non-hydrogen) atoms. The van der Waals surface area contributed by atoms with Crippen molar-refractivity contribution in [3.63, 3.8) is 0 Å². The standard InChI is InChI=1S/C24H32N2O3/c1-18(2)13-19(3)14-23(27)22-11-8-12-26(16-22)17-29-24(28)25-20(4)15-21-9-6-5-7-10-21/h5-12,16,18-20H,13-15,17H2,1-4H3/p+1/t19-,20+/m1/s1. The zero-order valence-electron chi connectivity index (χ0n) is 17.9. The Morgan fingerprint density at radius 1 is 1.03 bits per heavy atom. The Kier molecular flexibility index (Phi) is 8.84. The Balaban J connectivity index is 1.82. The topological polar surface area (TPSA) is 59.3 Å². The lowest BCUT2D eigenvalue weighted by atomic mass is 9.92. The number of alkyl carbamates (subject to hydrolysis) is 1. The summed E-state index contributed by atoms with van der Waals surface area (Å²) in [4.78, 5) is 24.6. The summed E-state index contributed by atoms with van der Waals surface area (Å²) in [5.74, 6) is 1.05. The van der Waals surface area contributed by atoms with Crippen LogP contribution in [0.3, 0.4) is 0 Å². The van der Waals surface area contributed by atoms with Crippen molar-refractivity contribution < 1.29 is 18.9 Å². The van der Waals surface area contributed by atoms with E-state index in [1.54, 1.807) is 23.0 Å². The average molecular weight is 398 g/mol. The average Bonchev–Trinajstić information content (AvgIpc) is 2.66. The molecule has 0 aliphatic heterocycles. The highest BCUT2D eigenvalue weighted by Gasteiger charge is 2.16. The van der Waals surface area contributed by atoms with Crippen LogP contribution < -0.4 is 9.88 Å². The summed E-state index contributed by atoms with van der Waals surface area (Å²) in [7, 11) is 0. The smallest absolute Gasteiger partial charge is 0.388 e. The molecule has 0 saturated heterocycles. The van der Waals surface area contributed by atoms with E-state index in [9.17, 15) is 9.59 Å². The van der Waals surface area contributed by atoms with E-state index >= 15 is 0 Å². The van der Waals surface area contributed by atoms with Gasteiger partial charge >= 0.3 is 6.09 Å². The van der Waals surface area contributed by atoms with E-state index in [1.165, 1.54) is 0 Å². The second kappa shape index (κ2) is 11.3. The van der Waals surface area contributed by atoms with E-state index in [0.29, 0.717) is 23.8 Å². The number of carbonyl (C=O) groups excluding carboxylic acids is 2. The normalized spacial score (nSPS) is 13.0. The number of hydrogen-bond acceptors (Lipinski definition) is 3. The third kappa shape index (κ3) is 8.46. The van der Waals surface area contributed by atoms with Gasteiger partial charge in [0.15, 0.2) is 18.2 Å². The Bertz CT molecular complexity index is 790. The minimum Gasteiger partial charge on any atom is -0.388 e. The summed E-state index contributed by atoms with van der Waals surface area (Å²) in [5, 5.41) is 2.84. The molecule has 0 aliphatic carbocycles. The van der Waals surface area contributed by atoms with Crippen molar-refractivity contribution in [3.8, 4) is 0 Å². The number of nitrogens with zero attached hydrogens (tertiary/aromatic N) is 1. The maximum atomic E-state index is 12.5. The summed E-state index contributed by atoms with van der Waals surface area (Å²) in [6, 6.07) is 13.6. The summed E-state index contributed by atoms with van der Waals surface area (Å²) in [5.41, 5.74) is 1.80. The fourth-order valence-corrected chi connectivity index (χ4v) is 3.48. The van der Waals surface area contributed by atoms with Crippen molar-refractivity contribution >= 4 is 11.9 Å². The first-order valence-electron chi connectivity index (χ1n) is 10.3. The van der Waals surface area contributed by atoms with E-state index in [4.69, 9.17) is 4.74 Å². The SMILES string of the molecule is CC(C)C[C@@H](C)CC(=O)c1ccc[n+](COC(=O)N[C@@H](C)Cc2ccccc2)c1. The minimum atomic E-state index is -0.469. The molecule has 156 valence electrons. The van der Waals surface area contributed by atoms with Crippen molar-refractivity contribution in [2.45, 2.75) is 59.7 Å². The zero-order chi connectivity index (χ0) is 21.2. The Labute approximate surface area is 174 Å². The second-order valence-corrected chi connectivity index (χ2v) is 8.26. The molecule has 5 nitrogen and oxygen atoms in total. The van der Waals surface area contributed by atoms with Crippen LogP contribution in [0.5, 0.6) is 0 Å². The fourth-order valence-electron chi connectivity index (χ4n) is 3.48. The molecule has 0 unspecified atom stereocenters. The third-order valence-electron chi connectivity index (χ3n) is 4.68. The van der Waals surface area contributed by atoms with Gasteiger partial charge in [-0.15, -0.1) is 0 Å². The maximum Gasteiger partial charge on any atom is 0.412 e. The molecule has 1 N–H and O–H groups in total. The van der Waals surface area contributed by atoms with Crippen LogP contribution in [-0.2, 0) is 17.9 Å². The number of carbonyl (C=O) groups is 2. The first kappa shape index (κ1) is 22.6. The molecule has 0 saturated carbocycles. The largest absolute Gasteiger partial charge is 0.412 e. The molecular formula is C24H33N2O3+. The number of aromatic nitrogens is 1. The van der Waals surface area contributed by atoms with Crippen molar-refractivity contribution in [2.24, 2.45) is 11.8 Å². The molecule has 1 amide bonds. The summed E-state index contributed by atoms with van der Waals surface area (Å²) in [6.45, 7) is 8.45. The number of rotatable bonds is 10. The molecule has 0 aliphatic rings. The van der Waals surface area contributed by atoms with Gasteiger partial charge in [0.25, 0.3) is 6.73 Å². The van der Waals surface area contributed by atoms with Gasteiger partial charge in [-0.25, -0.2) is 4.79 Å². The zero-order valence-corrected chi connectivity index (χ0v) is 17.9. The monoisotopic (exact) mass is 397 g/mol. The number of amides is 1. The lowest BCUT2D eigenvalue weighted by Gasteiger charge is -2.13. The molecule has 0 fully saturated rings. The summed E-state index contributed by atoms with van der Waals surface area (Å²) in [6.07, 6.45) is 5.36. The highest BCUT2D eigenvalue weighted by Crippen LogP contribution is 2.17. The first-order chi connectivity index (χ1) is 13.8. The predicted molar refractivity (Wildman–Crippen MR) is 113 cm³/mol. The Morgan fingerprint density at radius 2 is 1.76 bits per heavy atom. The molecule has 2 rings (SSSR count). The molecule has 2 atom stereocenters. The Morgan fingerprint density at radius 3 is 2.45 bits per heavy atom. The van der Waals surface area contributed by atoms with Crippen molar-refractivity contribution in [3.05, 3.63) is 66.0 Å². The molecule has 1 aromatic heterocycles. The predicted octanol–water partition coefficient (Wildman–Crippen LogP) is 4.54. The first-order valence-corrected chi connectivity index (χ1v) is 10.3. The maximum absolute atomic E-state index is 12.5. The van der Waals surface area contributed by atoms with E-state index in [1.807, 2.05) is 43.3 Å². The molecule has 0 spiro atoms. The van der Waals surface area contributed by atoms with Gasteiger partial charge in [-0.3, -0.25) is 4.79 Å². The highest BCUT2D eigenvalue weighted by atomic mass is 16.6. The van der Waals surface area contributed by atoms with Gasteiger partial charge in [-0.1, -0.05) is 51.1 Å². The van der Waals surface area contributed by atoms with Crippen LogP contribution in [0.4, 0.5) is 4.79 Å². The van der Waals surface area contributed by atoms with Crippen LogP contribution >= 0.6 is 0 Å². The Hall–Kier alpha value is -2.69. The number of benzene rings is 1. The second-order valence-electron chi connectivity index (χ2n) is 8.26. The van der Waals surface area contributed by atoms with E-state index in [2.05, 4.69) is 26.1 Å². The number of hydrogen-bond donors (Lipinski definition) is 1. The molecular weight excluding hydrogens is 364 g/mol. The van der Waals surface area contributed by atoms with Gasteiger partial charge in [0, 0.05) is 18.5 Å². The van der Waals surface area contributed by atoms with Gasteiger partial charge in [0.05, 0.1) is 5.56 Å². The van der Waals surface area contributed by atoms with Crippen LogP contribution in [0.15, 0.2) is 54.9 Å². The van der Waals surface area contributed by atoms with Gasteiger partial charge in [-0.2, -0.15) is 4.57 Å². The molecule has 2 aromatic rings. The molecule has 0 radical (unpaired) electrons. The van der Waals surface area contributed by atoms with Crippen molar-refractivity contribution in [1.29, 1.82) is 0 Å². The van der Waals surface area contributed by atoms with Crippen LogP contribution in [0, 0.1) is 11.8 Å². The van der Waals surface area contributed by atoms with E-state index < -0.39 is 6.09 Å². The lowest BCUT2D eigenvalue weighted by Crippen LogP contribution is -2.41. The fraction of sp³-hybridized carbons (Fsp3) is 0.458. The lowest BCUT2D eigenvalue weighted by molar-refractivity contribution is -0.727. The minimum absolute atomic E-state index is 0.0368. The molecule has 5 heteroatoms. The van der Waals surface area contributed by atoms with E-state index in [-0.39, 0.29) is 18.6 Å². The van der Waals surface area contributed by atoms with Crippen LogP contribution in [0.2, 0.25) is 0 Å². The van der Waals surface area contributed by atoms with Crippen LogP contribution in [0.1, 0.15) is 56.5 Å². The highest BCUT2D eigenvalue weighted by molar-refractivity contribution is 5.95. The molecule has 1 heterocycles. The van der Waals surface area contributed by atoms with Crippen molar-refractivity contribution in [2.75, 3.05) is 0 Å².